The number of hydrogen-bond acceptors (Lipinski definition) is 6. The van der Waals surface area contributed by atoms with Crippen molar-refractivity contribution in [2.24, 2.45) is 0 Å². The SMILES string of the molecule is CNc1ccc(-c2cncc(Cl)c2)nc1.Cc1cc2n(n1)CCCN2C(=O)CCC=O. The van der Waals surface area contributed by atoms with E-state index < -0.39 is 0 Å². The summed E-state index contributed by atoms with van der Waals surface area (Å²) < 4.78 is 1.86. The Morgan fingerprint density at radius 3 is 2.74 bits per heavy atom. The highest BCUT2D eigenvalue weighted by Gasteiger charge is 2.23. The number of aromatic nitrogens is 4. The molecule has 0 atom stereocenters. The largest absolute Gasteiger partial charge is 0.387 e. The summed E-state index contributed by atoms with van der Waals surface area (Å²) in [6.07, 6.45) is 7.40. The van der Waals surface area contributed by atoms with Crippen molar-refractivity contribution < 1.29 is 9.59 Å². The van der Waals surface area contributed by atoms with Crippen molar-refractivity contribution in [1.82, 2.24) is 19.7 Å². The summed E-state index contributed by atoms with van der Waals surface area (Å²) >= 11 is 5.85. The van der Waals surface area contributed by atoms with Crippen molar-refractivity contribution in [3.63, 3.8) is 0 Å². The molecule has 162 valence electrons. The molecule has 0 radical (unpaired) electrons. The Bertz CT molecular complexity index is 1030. The zero-order valence-electron chi connectivity index (χ0n) is 17.6. The van der Waals surface area contributed by atoms with Crippen LogP contribution in [0.4, 0.5) is 11.5 Å². The maximum absolute atomic E-state index is 11.9. The molecule has 3 aromatic rings. The Kier molecular flexibility index (Phi) is 7.72. The Morgan fingerprint density at radius 2 is 2.06 bits per heavy atom. The molecule has 3 aromatic heterocycles. The lowest BCUT2D eigenvalue weighted by Gasteiger charge is -2.27. The van der Waals surface area contributed by atoms with E-state index in [2.05, 4.69) is 20.4 Å². The second-order valence-corrected chi connectivity index (χ2v) is 7.48. The third kappa shape index (κ3) is 5.88. The van der Waals surface area contributed by atoms with E-state index in [1.54, 1.807) is 23.5 Å². The lowest BCUT2D eigenvalue weighted by Crippen LogP contribution is -2.37. The maximum atomic E-state index is 11.9. The highest BCUT2D eigenvalue weighted by Crippen LogP contribution is 2.22. The van der Waals surface area contributed by atoms with Gasteiger partial charge in [0.15, 0.2) is 0 Å². The van der Waals surface area contributed by atoms with Crippen molar-refractivity contribution in [2.45, 2.75) is 32.7 Å². The molecule has 0 saturated heterocycles. The lowest BCUT2D eigenvalue weighted by molar-refractivity contribution is -0.120. The Labute approximate surface area is 186 Å². The van der Waals surface area contributed by atoms with E-state index in [1.165, 1.54) is 0 Å². The normalized spacial score (nSPS) is 12.4. The number of nitrogens with zero attached hydrogens (tertiary/aromatic N) is 5. The number of carbonyl (C=O) groups excluding carboxylic acids is 2. The molecule has 4 heterocycles. The van der Waals surface area contributed by atoms with Crippen LogP contribution in [0.3, 0.4) is 0 Å². The van der Waals surface area contributed by atoms with Crippen LogP contribution in [0.25, 0.3) is 11.3 Å². The van der Waals surface area contributed by atoms with E-state index in [4.69, 9.17) is 11.6 Å². The van der Waals surface area contributed by atoms with Gasteiger partial charge in [-0.15, -0.1) is 0 Å². The van der Waals surface area contributed by atoms with E-state index in [9.17, 15) is 9.59 Å². The molecule has 31 heavy (non-hydrogen) atoms. The average molecular weight is 441 g/mol. The summed E-state index contributed by atoms with van der Waals surface area (Å²) in [4.78, 5) is 32.2. The van der Waals surface area contributed by atoms with Gasteiger partial charge in [-0.3, -0.25) is 19.7 Å². The van der Waals surface area contributed by atoms with Crippen molar-refractivity contribution in [3.05, 3.63) is 53.6 Å². The third-order valence-electron chi connectivity index (χ3n) is 4.74. The summed E-state index contributed by atoms with van der Waals surface area (Å²) in [6.45, 7) is 3.50. The quantitative estimate of drug-likeness (QED) is 0.607. The molecule has 0 bridgehead atoms. The second kappa shape index (κ2) is 10.7. The third-order valence-corrected chi connectivity index (χ3v) is 4.95. The summed E-state index contributed by atoms with van der Waals surface area (Å²) in [5.41, 5.74) is 3.69. The number of anilines is 2. The lowest BCUT2D eigenvalue weighted by atomic mass is 10.2. The summed E-state index contributed by atoms with van der Waals surface area (Å²) in [7, 11) is 1.86. The van der Waals surface area contributed by atoms with Crippen molar-refractivity contribution in [1.29, 1.82) is 0 Å². The first-order valence-corrected chi connectivity index (χ1v) is 10.4. The molecule has 0 fully saturated rings. The van der Waals surface area contributed by atoms with Crippen LogP contribution in [-0.4, -0.2) is 45.5 Å². The number of carbonyl (C=O) groups is 2. The van der Waals surface area contributed by atoms with Gasteiger partial charge in [-0.2, -0.15) is 5.10 Å². The minimum atomic E-state index is 0.00736. The summed E-state index contributed by atoms with van der Waals surface area (Å²) in [5, 5.41) is 7.95. The number of halogens is 1. The highest BCUT2D eigenvalue weighted by atomic mass is 35.5. The molecule has 0 spiro atoms. The van der Waals surface area contributed by atoms with E-state index in [-0.39, 0.29) is 12.3 Å². The number of amides is 1. The molecule has 0 aromatic carbocycles. The zero-order chi connectivity index (χ0) is 22.2. The monoisotopic (exact) mass is 440 g/mol. The van der Waals surface area contributed by atoms with Gasteiger partial charge >= 0.3 is 0 Å². The first kappa shape index (κ1) is 22.4. The van der Waals surface area contributed by atoms with Gasteiger partial charge < -0.3 is 10.1 Å². The van der Waals surface area contributed by atoms with Crippen LogP contribution in [0.1, 0.15) is 25.0 Å². The van der Waals surface area contributed by atoms with Crippen LogP contribution >= 0.6 is 11.6 Å². The van der Waals surface area contributed by atoms with Crippen molar-refractivity contribution in [3.8, 4) is 11.3 Å². The minimum Gasteiger partial charge on any atom is -0.387 e. The Morgan fingerprint density at radius 1 is 1.23 bits per heavy atom. The minimum absolute atomic E-state index is 0.00736. The van der Waals surface area contributed by atoms with Crippen LogP contribution in [0, 0.1) is 6.92 Å². The summed E-state index contributed by atoms with van der Waals surface area (Å²) in [5.74, 6) is 0.868. The van der Waals surface area contributed by atoms with Crippen molar-refractivity contribution >= 4 is 35.3 Å². The average Bonchev–Trinajstić information content (AvgIpc) is 3.18. The second-order valence-electron chi connectivity index (χ2n) is 7.05. The number of hydrogen-bond donors (Lipinski definition) is 1. The highest BCUT2D eigenvalue weighted by molar-refractivity contribution is 6.30. The number of nitrogens with one attached hydrogen (secondary N) is 1. The zero-order valence-corrected chi connectivity index (χ0v) is 18.3. The van der Waals surface area contributed by atoms with E-state index in [0.717, 1.165) is 54.3 Å². The van der Waals surface area contributed by atoms with Crippen molar-refractivity contribution in [2.75, 3.05) is 23.8 Å². The van der Waals surface area contributed by atoms with Gasteiger partial charge in [-0.25, -0.2) is 4.68 Å². The van der Waals surface area contributed by atoms with Gasteiger partial charge in [0, 0.05) is 57.0 Å². The predicted molar refractivity (Wildman–Crippen MR) is 121 cm³/mol. The van der Waals surface area contributed by atoms with Gasteiger partial charge in [0.2, 0.25) is 5.91 Å². The standard InChI is InChI=1S/C11H10ClN3.C11H15N3O2/c1-13-10-2-3-11(15-7-10)8-4-9(12)6-14-5-8;1-9-8-10-13(11(16)4-2-7-15)5-3-6-14(10)12-9/h2-7,13H,1H3;7-8H,2-6H2,1H3. The van der Waals surface area contributed by atoms with Crippen LogP contribution in [0.15, 0.2) is 42.9 Å². The Hall–Kier alpha value is -3.26. The fraction of sp³-hybridized carbons (Fsp3) is 0.318. The van der Waals surface area contributed by atoms with Crippen LogP contribution < -0.4 is 10.2 Å². The number of rotatable bonds is 5. The molecule has 8 nitrogen and oxygen atoms in total. The maximum Gasteiger partial charge on any atom is 0.228 e. The van der Waals surface area contributed by atoms with Gasteiger partial charge in [0.1, 0.15) is 12.1 Å². The summed E-state index contributed by atoms with van der Waals surface area (Å²) in [6, 6.07) is 7.65. The number of pyridine rings is 2. The fourth-order valence-corrected chi connectivity index (χ4v) is 3.41. The molecule has 1 amide bonds. The van der Waals surface area contributed by atoms with E-state index in [1.807, 2.05) is 42.9 Å². The molecule has 1 aliphatic heterocycles. The molecular formula is C22H25ClN6O2. The van der Waals surface area contributed by atoms with Crippen LogP contribution in [0.2, 0.25) is 5.02 Å². The number of aryl methyl sites for hydroxylation is 2. The molecule has 1 aliphatic rings. The van der Waals surface area contributed by atoms with Gasteiger partial charge in [0.25, 0.3) is 0 Å². The number of fused-ring (bicyclic) bond motifs is 1. The molecule has 0 saturated carbocycles. The molecular weight excluding hydrogens is 416 g/mol. The smallest absolute Gasteiger partial charge is 0.228 e. The Balaban J connectivity index is 0.000000176. The molecule has 4 rings (SSSR count). The first-order chi connectivity index (χ1) is 15.0. The molecule has 9 heteroatoms. The topological polar surface area (TPSA) is 93.0 Å². The fourth-order valence-electron chi connectivity index (χ4n) is 3.24. The van der Waals surface area contributed by atoms with Gasteiger partial charge in [-0.05, 0) is 31.5 Å². The van der Waals surface area contributed by atoms with Gasteiger partial charge in [-0.1, -0.05) is 11.6 Å². The molecule has 0 unspecified atom stereocenters. The van der Waals surface area contributed by atoms with Crippen LogP contribution in [-0.2, 0) is 16.1 Å². The van der Waals surface area contributed by atoms with E-state index in [0.29, 0.717) is 11.4 Å². The number of aldehydes is 1. The van der Waals surface area contributed by atoms with Gasteiger partial charge in [0.05, 0.1) is 28.3 Å². The molecule has 1 N–H and O–H groups in total. The first-order valence-electron chi connectivity index (χ1n) is 10.0. The van der Waals surface area contributed by atoms with Crippen LogP contribution in [0.5, 0.6) is 0 Å². The molecule has 0 aliphatic carbocycles. The van der Waals surface area contributed by atoms with E-state index >= 15 is 0 Å². The predicted octanol–water partition coefficient (Wildman–Crippen LogP) is 3.75.